The number of pyridine rings is 1. The van der Waals surface area contributed by atoms with E-state index in [1.54, 1.807) is 0 Å². The molecule has 0 aliphatic carbocycles. The van der Waals surface area contributed by atoms with Gasteiger partial charge >= 0.3 is 0 Å². The molecule has 0 saturated heterocycles. The predicted molar refractivity (Wildman–Crippen MR) is 46.2 cm³/mol. The van der Waals surface area contributed by atoms with E-state index in [0.29, 0.717) is 10.2 Å². The Morgan fingerprint density at radius 3 is 2.85 bits per heavy atom. The molecule has 0 aliphatic heterocycles. The maximum absolute atomic E-state index is 12.3. The summed E-state index contributed by atoms with van der Waals surface area (Å²) in [7, 11) is 0. The van der Waals surface area contributed by atoms with Crippen LogP contribution in [-0.4, -0.2) is 4.98 Å². The first-order valence-corrected chi connectivity index (χ1v) is 4.24. The number of aromatic nitrogens is 1. The van der Waals surface area contributed by atoms with Crippen LogP contribution in [-0.2, 0) is 6.42 Å². The first-order valence-electron chi connectivity index (χ1n) is 3.44. The van der Waals surface area contributed by atoms with Gasteiger partial charge in [0.1, 0.15) is 4.60 Å². The minimum atomic E-state index is -2.58. The third kappa shape index (κ3) is 2.46. The minimum absolute atomic E-state index is 0.0270. The molecule has 0 atom stereocenters. The third-order valence-corrected chi connectivity index (χ3v) is 1.93. The second-order valence-electron chi connectivity index (χ2n) is 2.34. The molecule has 1 aromatic heterocycles. The monoisotopic (exact) mass is 246 g/mol. The van der Waals surface area contributed by atoms with Crippen molar-refractivity contribution in [3.05, 3.63) is 28.0 Å². The average Bonchev–Trinajstić information content (AvgIpc) is 2.04. The summed E-state index contributed by atoms with van der Waals surface area (Å²) in [5.41, 5.74) is 0.143. The molecule has 13 heavy (non-hydrogen) atoms. The summed E-state index contributed by atoms with van der Waals surface area (Å²) < 4.78 is 25.1. The first kappa shape index (κ1) is 10.1. The zero-order valence-corrected chi connectivity index (χ0v) is 8.05. The molecule has 0 bridgehead atoms. The number of nitrogens with zero attached hydrogens (tertiary/aromatic N) is 2. The fraction of sp³-hybridized carbons (Fsp3) is 0.250. The van der Waals surface area contributed by atoms with Crippen molar-refractivity contribution in [1.29, 1.82) is 5.26 Å². The molecular weight excluding hydrogens is 242 g/mol. The van der Waals surface area contributed by atoms with Gasteiger partial charge in [-0.2, -0.15) is 5.26 Å². The number of hydrogen-bond donors (Lipinski definition) is 0. The molecule has 1 heterocycles. The van der Waals surface area contributed by atoms with Gasteiger partial charge in [-0.05, 0) is 27.6 Å². The molecule has 0 saturated carbocycles. The molecule has 0 amide bonds. The Bertz CT molecular complexity index is 346. The molecule has 68 valence electrons. The van der Waals surface area contributed by atoms with Crippen LogP contribution in [0.5, 0.6) is 0 Å². The van der Waals surface area contributed by atoms with Crippen molar-refractivity contribution in [1.82, 2.24) is 4.98 Å². The molecule has 1 rings (SSSR count). The van der Waals surface area contributed by atoms with Gasteiger partial charge in [-0.15, -0.1) is 0 Å². The van der Waals surface area contributed by atoms with E-state index in [-0.39, 0.29) is 12.0 Å². The van der Waals surface area contributed by atoms with Crippen LogP contribution in [0.1, 0.15) is 17.6 Å². The molecule has 1 aromatic rings. The van der Waals surface area contributed by atoms with Crippen LogP contribution in [0.25, 0.3) is 0 Å². The van der Waals surface area contributed by atoms with E-state index in [1.165, 1.54) is 6.07 Å². The number of nitriles is 1. The van der Waals surface area contributed by atoms with Crippen LogP contribution in [0.3, 0.4) is 0 Å². The van der Waals surface area contributed by atoms with Crippen molar-refractivity contribution >= 4 is 15.9 Å². The molecule has 0 spiro atoms. The summed E-state index contributed by atoms with van der Waals surface area (Å²) >= 11 is 3.05. The zero-order valence-electron chi connectivity index (χ0n) is 6.47. The molecule has 0 aromatic carbocycles. The van der Waals surface area contributed by atoms with Crippen LogP contribution in [0, 0.1) is 11.3 Å². The Hall–Kier alpha value is -1.02. The Morgan fingerprint density at radius 2 is 2.31 bits per heavy atom. The SMILES string of the molecule is N#CCc1cc(Br)ncc1C(F)F. The summed E-state index contributed by atoms with van der Waals surface area (Å²) in [6.45, 7) is 0. The van der Waals surface area contributed by atoms with Crippen LogP contribution >= 0.6 is 15.9 Å². The van der Waals surface area contributed by atoms with Crippen molar-refractivity contribution in [3.63, 3.8) is 0 Å². The first-order chi connectivity index (χ1) is 6.15. The smallest absolute Gasteiger partial charge is 0.249 e. The molecule has 0 N–H and O–H groups in total. The number of halogens is 3. The van der Waals surface area contributed by atoms with Gasteiger partial charge in [0.25, 0.3) is 6.43 Å². The van der Waals surface area contributed by atoms with Crippen molar-refractivity contribution < 1.29 is 8.78 Å². The lowest BCUT2D eigenvalue weighted by molar-refractivity contribution is 0.150. The molecule has 0 unspecified atom stereocenters. The quantitative estimate of drug-likeness (QED) is 0.753. The van der Waals surface area contributed by atoms with Gasteiger partial charge in [0, 0.05) is 11.8 Å². The number of hydrogen-bond acceptors (Lipinski definition) is 2. The van der Waals surface area contributed by atoms with E-state index in [1.807, 2.05) is 6.07 Å². The lowest BCUT2D eigenvalue weighted by Gasteiger charge is -2.04. The number of rotatable bonds is 2. The van der Waals surface area contributed by atoms with Crippen molar-refractivity contribution in [3.8, 4) is 6.07 Å². The molecule has 2 nitrogen and oxygen atoms in total. The highest BCUT2D eigenvalue weighted by Crippen LogP contribution is 2.24. The lowest BCUT2D eigenvalue weighted by Crippen LogP contribution is -1.95. The van der Waals surface area contributed by atoms with E-state index >= 15 is 0 Å². The predicted octanol–water partition coefficient (Wildman–Crippen LogP) is 2.85. The fourth-order valence-electron chi connectivity index (χ4n) is 0.913. The summed E-state index contributed by atoms with van der Waals surface area (Å²) in [6, 6.07) is 3.26. The van der Waals surface area contributed by atoms with E-state index in [4.69, 9.17) is 5.26 Å². The van der Waals surface area contributed by atoms with Crippen LogP contribution in [0.15, 0.2) is 16.9 Å². The van der Waals surface area contributed by atoms with E-state index in [2.05, 4.69) is 20.9 Å². The highest BCUT2D eigenvalue weighted by molar-refractivity contribution is 9.10. The standard InChI is InChI=1S/C8H5BrF2N2/c9-7-3-5(1-2-12)6(4-13-7)8(10)11/h3-4,8H,1H2. The maximum Gasteiger partial charge on any atom is 0.265 e. The third-order valence-electron chi connectivity index (χ3n) is 1.50. The second-order valence-corrected chi connectivity index (χ2v) is 3.15. The molecular formula is C8H5BrF2N2. The van der Waals surface area contributed by atoms with E-state index in [0.717, 1.165) is 6.20 Å². The van der Waals surface area contributed by atoms with Crippen molar-refractivity contribution in [2.24, 2.45) is 0 Å². The Kier molecular flexibility index (Phi) is 3.32. The summed E-state index contributed by atoms with van der Waals surface area (Å²) in [5, 5.41) is 8.39. The topological polar surface area (TPSA) is 36.7 Å². The summed E-state index contributed by atoms with van der Waals surface area (Å²) in [4.78, 5) is 3.67. The lowest BCUT2D eigenvalue weighted by atomic mass is 10.1. The Morgan fingerprint density at radius 1 is 1.62 bits per heavy atom. The van der Waals surface area contributed by atoms with Gasteiger partial charge in [0.15, 0.2) is 0 Å². The van der Waals surface area contributed by atoms with Gasteiger partial charge in [0.2, 0.25) is 0 Å². The Labute approximate surface area is 82.3 Å². The van der Waals surface area contributed by atoms with E-state index < -0.39 is 6.43 Å². The fourth-order valence-corrected chi connectivity index (χ4v) is 1.29. The van der Waals surface area contributed by atoms with Gasteiger partial charge < -0.3 is 0 Å². The summed E-state index contributed by atoms with van der Waals surface area (Å²) in [6.07, 6.45) is -1.52. The Balaban J connectivity index is 3.12. The second kappa shape index (κ2) is 4.28. The summed E-state index contributed by atoms with van der Waals surface area (Å²) in [5.74, 6) is 0. The van der Waals surface area contributed by atoms with Crippen LogP contribution in [0.4, 0.5) is 8.78 Å². The van der Waals surface area contributed by atoms with Gasteiger partial charge in [-0.3, -0.25) is 0 Å². The van der Waals surface area contributed by atoms with Crippen molar-refractivity contribution in [2.75, 3.05) is 0 Å². The molecule has 0 radical (unpaired) electrons. The maximum atomic E-state index is 12.3. The normalized spacial score (nSPS) is 10.1. The van der Waals surface area contributed by atoms with Gasteiger partial charge in [-0.1, -0.05) is 0 Å². The van der Waals surface area contributed by atoms with Gasteiger partial charge in [0.05, 0.1) is 12.5 Å². The van der Waals surface area contributed by atoms with Crippen LogP contribution in [0.2, 0.25) is 0 Å². The largest absolute Gasteiger partial charge is 0.265 e. The highest BCUT2D eigenvalue weighted by Gasteiger charge is 2.13. The number of alkyl halides is 2. The minimum Gasteiger partial charge on any atom is -0.249 e. The zero-order chi connectivity index (χ0) is 9.84. The molecule has 0 aliphatic rings. The van der Waals surface area contributed by atoms with E-state index in [9.17, 15) is 8.78 Å². The van der Waals surface area contributed by atoms with Gasteiger partial charge in [-0.25, -0.2) is 13.8 Å². The van der Waals surface area contributed by atoms with Crippen LogP contribution < -0.4 is 0 Å². The highest BCUT2D eigenvalue weighted by atomic mass is 79.9. The van der Waals surface area contributed by atoms with Crippen molar-refractivity contribution in [2.45, 2.75) is 12.8 Å². The molecule has 0 fully saturated rings. The molecule has 5 heteroatoms. The average molecular weight is 247 g/mol.